The van der Waals surface area contributed by atoms with Crippen LogP contribution < -0.4 is 10.2 Å². The van der Waals surface area contributed by atoms with Gasteiger partial charge in [0.15, 0.2) is 5.96 Å². The van der Waals surface area contributed by atoms with Gasteiger partial charge in [-0.15, -0.1) is 0 Å². The summed E-state index contributed by atoms with van der Waals surface area (Å²) < 4.78 is 2.07. The minimum Gasteiger partial charge on any atom is -0.368 e. The van der Waals surface area contributed by atoms with Crippen LogP contribution in [-0.2, 0) is 13.1 Å². The van der Waals surface area contributed by atoms with Crippen molar-refractivity contribution < 1.29 is 0 Å². The zero-order valence-corrected chi connectivity index (χ0v) is 18.0. The molecule has 156 valence electrons. The summed E-state index contributed by atoms with van der Waals surface area (Å²) in [6.45, 7) is 5.32. The molecule has 0 aliphatic carbocycles. The number of hydrogen-bond donors (Lipinski definition) is 1. The molecule has 2 aromatic carbocycles. The molecule has 6 nitrogen and oxygen atoms in total. The monoisotopic (exact) mass is 422 g/mol. The minimum atomic E-state index is 0.749. The molecule has 0 atom stereocenters. The number of hydrogen-bond acceptors (Lipinski definition) is 3. The van der Waals surface area contributed by atoms with Gasteiger partial charge in [-0.3, -0.25) is 4.99 Å². The Morgan fingerprint density at radius 2 is 1.87 bits per heavy atom. The second-order valence-electron chi connectivity index (χ2n) is 7.41. The van der Waals surface area contributed by atoms with Crippen LogP contribution in [0.3, 0.4) is 0 Å². The zero-order chi connectivity index (χ0) is 20.8. The molecule has 1 saturated heterocycles. The molecule has 0 bridgehead atoms. The molecule has 1 aliphatic heterocycles. The van der Waals surface area contributed by atoms with E-state index in [9.17, 15) is 0 Å². The number of imidazole rings is 1. The molecule has 4 rings (SSSR count). The summed E-state index contributed by atoms with van der Waals surface area (Å²) in [6, 6.07) is 16.7. The van der Waals surface area contributed by atoms with Crippen LogP contribution in [-0.4, -0.2) is 53.6 Å². The Kier molecular flexibility index (Phi) is 6.54. The van der Waals surface area contributed by atoms with E-state index in [-0.39, 0.29) is 0 Å². The van der Waals surface area contributed by atoms with E-state index >= 15 is 0 Å². The highest BCUT2D eigenvalue weighted by Crippen LogP contribution is 2.20. The maximum Gasteiger partial charge on any atom is 0.194 e. The van der Waals surface area contributed by atoms with Crippen LogP contribution in [0.4, 0.5) is 5.69 Å². The summed E-state index contributed by atoms with van der Waals surface area (Å²) in [6.07, 6.45) is 5.63. The summed E-state index contributed by atoms with van der Waals surface area (Å²) in [5.74, 6) is 0.945. The topological polar surface area (TPSA) is 48.7 Å². The first-order valence-electron chi connectivity index (χ1n) is 10.2. The van der Waals surface area contributed by atoms with Crippen molar-refractivity contribution in [2.24, 2.45) is 4.99 Å². The Morgan fingerprint density at radius 1 is 1.07 bits per heavy atom. The number of anilines is 1. The first-order chi connectivity index (χ1) is 14.7. The van der Waals surface area contributed by atoms with Crippen LogP contribution in [0.25, 0.3) is 0 Å². The first-order valence-corrected chi connectivity index (χ1v) is 10.6. The molecule has 1 aromatic heterocycles. The fourth-order valence-corrected chi connectivity index (χ4v) is 3.98. The lowest BCUT2D eigenvalue weighted by atomic mass is 10.1. The SMILES string of the molecule is CN=C(NCc1cccc(Cn2ccnc2)c1)N1CCN(c2cccc(Cl)c2)CC1. The van der Waals surface area contributed by atoms with E-state index in [0.717, 1.165) is 50.3 Å². The Labute approximate surface area is 182 Å². The third kappa shape index (κ3) is 5.13. The third-order valence-corrected chi connectivity index (χ3v) is 5.57. The molecule has 1 aliphatic rings. The molecule has 30 heavy (non-hydrogen) atoms. The van der Waals surface area contributed by atoms with E-state index in [1.54, 1.807) is 0 Å². The van der Waals surface area contributed by atoms with Crippen molar-refractivity contribution in [1.82, 2.24) is 19.8 Å². The van der Waals surface area contributed by atoms with Gasteiger partial charge in [-0.25, -0.2) is 4.98 Å². The van der Waals surface area contributed by atoms with Crippen LogP contribution in [0.5, 0.6) is 0 Å². The molecule has 3 aromatic rings. The van der Waals surface area contributed by atoms with Crippen molar-refractivity contribution in [3.05, 3.63) is 83.4 Å². The summed E-state index contributed by atoms with van der Waals surface area (Å²) in [4.78, 5) is 13.3. The zero-order valence-electron chi connectivity index (χ0n) is 17.2. The van der Waals surface area contributed by atoms with Gasteiger partial charge in [0.05, 0.1) is 6.33 Å². The quantitative estimate of drug-likeness (QED) is 0.505. The highest BCUT2D eigenvalue weighted by atomic mass is 35.5. The minimum absolute atomic E-state index is 0.749. The highest BCUT2D eigenvalue weighted by Gasteiger charge is 2.20. The van der Waals surface area contributed by atoms with Gasteiger partial charge in [-0.05, 0) is 29.3 Å². The summed E-state index contributed by atoms with van der Waals surface area (Å²) >= 11 is 6.15. The molecule has 7 heteroatoms. The van der Waals surface area contributed by atoms with Crippen LogP contribution in [0.1, 0.15) is 11.1 Å². The molecule has 0 amide bonds. The van der Waals surface area contributed by atoms with Crippen molar-refractivity contribution in [2.45, 2.75) is 13.1 Å². The average Bonchev–Trinajstić information content (AvgIpc) is 3.28. The molecule has 0 radical (unpaired) electrons. The molecule has 2 heterocycles. The molecular formula is C23H27ClN6. The second-order valence-corrected chi connectivity index (χ2v) is 7.85. The van der Waals surface area contributed by atoms with Gasteiger partial charge < -0.3 is 19.7 Å². The fraction of sp³-hybridized carbons (Fsp3) is 0.304. The number of aliphatic imine (C=N–C) groups is 1. The molecule has 0 unspecified atom stereocenters. The lowest BCUT2D eigenvalue weighted by molar-refractivity contribution is 0.372. The van der Waals surface area contributed by atoms with Crippen molar-refractivity contribution in [2.75, 3.05) is 38.1 Å². The van der Waals surface area contributed by atoms with Gasteiger partial charge in [0, 0.05) is 69.4 Å². The second kappa shape index (κ2) is 9.67. The molecule has 1 N–H and O–H groups in total. The van der Waals surface area contributed by atoms with Gasteiger partial charge in [-0.1, -0.05) is 41.9 Å². The van der Waals surface area contributed by atoms with Gasteiger partial charge in [0.2, 0.25) is 0 Å². The predicted molar refractivity (Wildman–Crippen MR) is 123 cm³/mol. The summed E-state index contributed by atoms with van der Waals surface area (Å²) in [5, 5.41) is 4.30. The molecule has 0 saturated carbocycles. The van der Waals surface area contributed by atoms with Crippen molar-refractivity contribution in [1.29, 1.82) is 0 Å². The standard InChI is InChI=1S/C23H27ClN6/c1-25-23(30-12-10-29(11-13-30)22-7-3-6-21(24)15-22)27-16-19-4-2-5-20(14-19)17-28-9-8-26-18-28/h2-9,14-15,18H,10-13,16-17H2,1H3,(H,25,27). The largest absolute Gasteiger partial charge is 0.368 e. The number of rotatable bonds is 5. The lowest BCUT2D eigenvalue weighted by Crippen LogP contribution is -2.52. The summed E-state index contributed by atoms with van der Waals surface area (Å²) in [5.41, 5.74) is 3.68. The Bertz CT molecular complexity index is 977. The number of nitrogens with zero attached hydrogens (tertiary/aromatic N) is 5. The first kappa shape index (κ1) is 20.3. The van der Waals surface area contributed by atoms with Crippen molar-refractivity contribution in [3.8, 4) is 0 Å². The van der Waals surface area contributed by atoms with Gasteiger partial charge in [0.25, 0.3) is 0 Å². The van der Waals surface area contributed by atoms with E-state index in [1.165, 1.54) is 16.8 Å². The maximum atomic E-state index is 6.15. The van der Waals surface area contributed by atoms with Crippen LogP contribution >= 0.6 is 11.6 Å². The maximum absolute atomic E-state index is 6.15. The molecule has 0 spiro atoms. The Morgan fingerprint density at radius 3 is 2.60 bits per heavy atom. The van der Waals surface area contributed by atoms with E-state index in [0.29, 0.717) is 0 Å². The van der Waals surface area contributed by atoms with Crippen LogP contribution in [0, 0.1) is 0 Å². The molecule has 1 fully saturated rings. The van der Waals surface area contributed by atoms with E-state index in [2.05, 4.69) is 60.0 Å². The van der Waals surface area contributed by atoms with Gasteiger partial charge in [0.1, 0.15) is 0 Å². The fourth-order valence-electron chi connectivity index (χ4n) is 3.79. The number of piperazine rings is 1. The number of aromatic nitrogens is 2. The molecular weight excluding hydrogens is 396 g/mol. The third-order valence-electron chi connectivity index (χ3n) is 5.33. The van der Waals surface area contributed by atoms with E-state index in [1.807, 2.05) is 44.0 Å². The summed E-state index contributed by atoms with van der Waals surface area (Å²) in [7, 11) is 1.85. The van der Waals surface area contributed by atoms with Crippen LogP contribution in [0.15, 0.2) is 72.2 Å². The van der Waals surface area contributed by atoms with E-state index < -0.39 is 0 Å². The normalized spacial score (nSPS) is 14.8. The number of benzene rings is 2. The lowest BCUT2D eigenvalue weighted by Gasteiger charge is -2.37. The predicted octanol–water partition coefficient (Wildman–Crippen LogP) is 3.48. The van der Waals surface area contributed by atoms with Crippen LogP contribution in [0.2, 0.25) is 5.02 Å². The van der Waals surface area contributed by atoms with Gasteiger partial charge >= 0.3 is 0 Å². The Balaban J connectivity index is 1.31. The van der Waals surface area contributed by atoms with E-state index in [4.69, 9.17) is 11.6 Å². The van der Waals surface area contributed by atoms with Crippen molar-refractivity contribution in [3.63, 3.8) is 0 Å². The smallest absolute Gasteiger partial charge is 0.194 e. The number of guanidine groups is 1. The van der Waals surface area contributed by atoms with Crippen molar-refractivity contribution >= 4 is 23.2 Å². The Hall–Kier alpha value is -2.99. The number of nitrogens with one attached hydrogen (secondary N) is 1. The highest BCUT2D eigenvalue weighted by molar-refractivity contribution is 6.30. The van der Waals surface area contributed by atoms with Gasteiger partial charge in [-0.2, -0.15) is 0 Å². The number of halogens is 1. The average molecular weight is 423 g/mol.